The highest BCUT2D eigenvalue weighted by atomic mass is 19.2. The number of aryl methyl sites for hydroxylation is 2. The monoisotopic (exact) mass is 259 g/mol. The van der Waals surface area contributed by atoms with Gasteiger partial charge < -0.3 is 0 Å². The van der Waals surface area contributed by atoms with Gasteiger partial charge in [0, 0.05) is 6.42 Å². The Kier molecular flexibility index (Phi) is 2.96. The lowest BCUT2D eigenvalue weighted by Crippen LogP contribution is -2.37. The zero-order chi connectivity index (χ0) is 13.6. The Morgan fingerprint density at radius 1 is 1.00 bits per heavy atom. The highest BCUT2D eigenvalue weighted by Crippen LogP contribution is 2.24. The minimum Gasteiger partial charge on any atom is -0.237 e. The topological polar surface area (TPSA) is 16.8 Å². The van der Waals surface area contributed by atoms with Gasteiger partial charge in [-0.1, -0.05) is 6.92 Å². The van der Waals surface area contributed by atoms with Gasteiger partial charge in [0.05, 0.1) is 0 Å². The average molecular weight is 259 g/mol. The second-order valence-electron chi connectivity index (χ2n) is 4.01. The summed E-state index contributed by atoms with van der Waals surface area (Å²) in [5, 5.41) is 0. The molecule has 0 unspecified atom stereocenters. The molecule has 0 saturated heterocycles. The molecular formula is C12H11F4N2+. The van der Waals surface area contributed by atoms with Crippen LogP contribution in [0.1, 0.15) is 18.3 Å². The normalized spacial score (nSPS) is 11.3. The summed E-state index contributed by atoms with van der Waals surface area (Å²) in [4.78, 5) is 3.83. The van der Waals surface area contributed by atoms with Crippen LogP contribution in [0.25, 0.3) is 11.0 Å². The van der Waals surface area contributed by atoms with Crippen LogP contribution in [0.4, 0.5) is 17.6 Å². The van der Waals surface area contributed by atoms with Crippen LogP contribution in [0.15, 0.2) is 0 Å². The third-order valence-electron chi connectivity index (χ3n) is 2.99. The molecular weight excluding hydrogens is 248 g/mol. The number of nitrogens with zero attached hydrogens (tertiary/aromatic N) is 2. The van der Waals surface area contributed by atoms with Crippen molar-refractivity contribution >= 4 is 11.0 Å². The quantitative estimate of drug-likeness (QED) is 0.333. The molecule has 1 aromatic carbocycles. The van der Waals surface area contributed by atoms with Crippen molar-refractivity contribution in [3.8, 4) is 0 Å². The van der Waals surface area contributed by atoms with Gasteiger partial charge in [0.15, 0.2) is 17.2 Å². The predicted molar refractivity (Wildman–Crippen MR) is 56.9 cm³/mol. The number of hydrogen-bond acceptors (Lipinski definition) is 1. The summed E-state index contributed by atoms with van der Waals surface area (Å²) in [5.41, 5.74) is 0.223. The number of benzene rings is 1. The largest absolute Gasteiger partial charge is 0.273 e. The van der Waals surface area contributed by atoms with Gasteiger partial charge in [-0.15, -0.1) is 0 Å². The first-order chi connectivity index (χ1) is 8.40. The van der Waals surface area contributed by atoms with E-state index in [1.807, 2.05) is 6.92 Å². The van der Waals surface area contributed by atoms with Gasteiger partial charge >= 0.3 is 0 Å². The molecule has 0 N–H and O–H groups in total. The fourth-order valence-electron chi connectivity index (χ4n) is 2.12. The van der Waals surface area contributed by atoms with E-state index in [9.17, 15) is 17.6 Å². The first-order valence-electron chi connectivity index (χ1n) is 5.41. The van der Waals surface area contributed by atoms with E-state index < -0.39 is 28.8 Å². The second-order valence-corrected chi connectivity index (χ2v) is 4.01. The molecule has 2 aromatic rings. The molecule has 6 heteroatoms. The summed E-state index contributed by atoms with van der Waals surface area (Å²) in [6.07, 6.45) is 0.519. The minimum atomic E-state index is -1.84. The smallest absolute Gasteiger partial charge is 0.237 e. The molecule has 0 aliphatic carbocycles. The van der Waals surface area contributed by atoms with Crippen LogP contribution >= 0.6 is 0 Å². The van der Waals surface area contributed by atoms with Gasteiger partial charge in [-0.3, -0.25) is 0 Å². The van der Waals surface area contributed by atoms with Crippen molar-refractivity contribution in [2.75, 3.05) is 0 Å². The fourth-order valence-corrected chi connectivity index (χ4v) is 2.12. The Balaban J connectivity index is 3.07. The Morgan fingerprint density at radius 2 is 1.56 bits per heavy atom. The molecule has 0 atom stereocenters. The lowest BCUT2D eigenvalue weighted by Gasteiger charge is -2.07. The number of aromatic nitrogens is 2. The Hall–Kier alpha value is -1.72. The summed E-state index contributed by atoms with van der Waals surface area (Å²) in [5.74, 6) is -6.54. The van der Waals surface area contributed by atoms with E-state index in [1.165, 1.54) is 11.6 Å². The zero-order valence-corrected chi connectivity index (χ0v) is 10.1. The van der Waals surface area contributed by atoms with Crippen LogP contribution in [0.3, 0.4) is 0 Å². The molecule has 0 aliphatic heterocycles. The number of halogens is 4. The highest BCUT2D eigenvalue weighted by Gasteiger charge is 2.29. The Bertz CT molecular complexity index is 653. The summed E-state index contributed by atoms with van der Waals surface area (Å²) in [6.45, 7) is 3.42. The predicted octanol–water partition coefficient (Wildman–Crippen LogP) is 2.49. The van der Waals surface area contributed by atoms with E-state index in [2.05, 4.69) is 4.98 Å². The zero-order valence-electron chi connectivity index (χ0n) is 10.1. The molecule has 2 nitrogen and oxygen atoms in total. The van der Waals surface area contributed by atoms with Crippen molar-refractivity contribution < 1.29 is 22.1 Å². The van der Waals surface area contributed by atoms with Gasteiger partial charge in [-0.05, 0) is 6.92 Å². The van der Waals surface area contributed by atoms with Gasteiger partial charge in [0.1, 0.15) is 12.7 Å². The van der Waals surface area contributed by atoms with Crippen molar-refractivity contribution in [3.63, 3.8) is 0 Å². The molecule has 0 saturated carbocycles. The molecule has 0 radical (unpaired) electrons. The fraction of sp³-hybridized carbons (Fsp3) is 0.333. The van der Waals surface area contributed by atoms with Crippen LogP contribution in [-0.4, -0.2) is 4.98 Å². The van der Waals surface area contributed by atoms with Crippen molar-refractivity contribution in [3.05, 3.63) is 34.7 Å². The van der Waals surface area contributed by atoms with Crippen molar-refractivity contribution in [1.29, 1.82) is 0 Å². The van der Waals surface area contributed by atoms with E-state index in [0.717, 1.165) is 0 Å². The molecule has 18 heavy (non-hydrogen) atoms. The summed E-state index contributed by atoms with van der Waals surface area (Å²) < 4.78 is 54.9. The van der Waals surface area contributed by atoms with Crippen LogP contribution in [0, 0.1) is 30.2 Å². The van der Waals surface area contributed by atoms with Gasteiger partial charge in [-0.25, -0.2) is 18.2 Å². The minimum absolute atomic E-state index is 0.367. The van der Waals surface area contributed by atoms with Crippen LogP contribution < -0.4 is 4.57 Å². The van der Waals surface area contributed by atoms with E-state index >= 15 is 0 Å². The molecule has 0 aliphatic rings. The van der Waals surface area contributed by atoms with Crippen molar-refractivity contribution in [1.82, 2.24) is 4.98 Å². The third kappa shape index (κ3) is 1.55. The lowest BCUT2D eigenvalue weighted by molar-refractivity contribution is -0.654. The first-order valence-corrected chi connectivity index (χ1v) is 5.41. The molecule has 2 rings (SSSR count). The highest BCUT2D eigenvalue weighted by molar-refractivity contribution is 5.73. The number of rotatable bonds is 1. The van der Waals surface area contributed by atoms with E-state index in [0.29, 0.717) is 17.8 Å². The third-order valence-corrected chi connectivity index (χ3v) is 2.99. The molecule has 1 aromatic heterocycles. The maximum absolute atomic E-state index is 13.7. The molecule has 96 valence electrons. The number of hydrogen-bond donors (Lipinski definition) is 0. The van der Waals surface area contributed by atoms with Gasteiger partial charge in [-0.2, -0.15) is 8.96 Å². The Morgan fingerprint density at radius 3 is 2.11 bits per heavy atom. The van der Waals surface area contributed by atoms with Crippen LogP contribution in [-0.2, 0) is 13.5 Å². The van der Waals surface area contributed by atoms with Crippen LogP contribution in [0.5, 0.6) is 0 Å². The van der Waals surface area contributed by atoms with Crippen LogP contribution in [0.2, 0.25) is 0 Å². The SMILES string of the molecule is CCc1c(C)nc2c(F)c(F)c(F)c(F)c2[n+]1C. The standard InChI is InChI=1S/C12H11F4N2/c1-4-6-5(2)17-11-9(15)7(13)8(14)10(16)12(11)18(6)3/h4H2,1-3H3/q+1. The molecule has 1 heterocycles. The maximum Gasteiger partial charge on any atom is 0.273 e. The van der Waals surface area contributed by atoms with Crippen molar-refractivity contribution in [2.24, 2.45) is 7.05 Å². The van der Waals surface area contributed by atoms with Crippen molar-refractivity contribution in [2.45, 2.75) is 20.3 Å². The average Bonchev–Trinajstić information content (AvgIpc) is 2.33. The summed E-state index contributed by atoms with van der Waals surface area (Å²) >= 11 is 0. The number of fused-ring (bicyclic) bond motifs is 1. The van der Waals surface area contributed by atoms with E-state index in [1.54, 1.807) is 6.92 Å². The van der Waals surface area contributed by atoms with E-state index in [-0.39, 0.29) is 5.52 Å². The summed E-state index contributed by atoms with van der Waals surface area (Å²) in [6, 6.07) is 0. The maximum atomic E-state index is 13.7. The molecule has 0 amide bonds. The second kappa shape index (κ2) is 4.19. The summed E-state index contributed by atoms with van der Waals surface area (Å²) in [7, 11) is 1.47. The first kappa shape index (κ1) is 12.7. The van der Waals surface area contributed by atoms with Gasteiger partial charge in [0.25, 0.3) is 5.52 Å². The van der Waals surface area contributed by atoms with Gasteiger partial charge in [0.2, 0.25) is 17.3 Å². The Labute approximate surface area is 101 Å². The van der Waals surface area contributed by atoms with E-state index in [4.69, 9.17) is 0 Å². The molecule has 0 fully saturated rings. The molecule has 0 spiro atoms. The molecule has 0 bridgehead atoms. The lowest BCUT2D eigenvalue weighted by atomic mass is 10.2.